The molecule has 0 spiro atoms. The number of amides is 1. The van der Waals surface area contributed by atoms with E-state index >= 15 is 0 Å². The van der Waals surface area contributed by atoms with Gasteiger partial charge in [-0.15, -0.1) is 0 Å². The number of hydrogen-bond acceptors (Lipinski definition) is 7. The second-order valence-electron chi connectivity index (χ2n) is 8.79. The molecule has 0 aliphatic carbocycles. The predicted octanol–water partition coefficient (Wildman–Crippen LogP) is 4.18. The molecule has 0 unspecified atom stereocenters. The van der Waals surface area contributed by atoms with Gasteiger partial charge in [-0.3, -0.25) is 9.79 Å². The van der Waals surface area contributed by atoms with E-state index in [1.54, 1.807) is 6.20 Å². The van der Waals surface area contributed by atoms with Crippen LogP contribution in [0.1, 0.15) is 21.5 Å². The molecule has 2 aliphatic heterocycles. The largest absolute Gasteiger partial charge is 0.353 e. The highest BCUT2D eigenvalue weighted by Crippen LogP contribution is 2.28. The molecule has 0 bridgehead atoms. The van der Waals surface area contributed by atoms with Crippen molar-refractivity contribution >= 4 is 29.6 Å². The molecule has 2 aromatic carbocycles. The molecule has 2 aromatic heterocycles. The molecular weight excluding hydrogens is 450 g/mol. The fourth-order valence-electron chi connectivity index (χ4n) is 4.57. The van der Waals surface area contributed by atoms with Crippen molar-refractivity contribution in [1.82, 2.24) is 19.9 Å². The minimum atomic E-state index is 0.0418. The molecule has 1 N–H and O–H groups in total. The van der Waals surface area contributed by atoms with E-state index in [1.807, 2.05) is 78.0 Å². The molecule has 8 nitrogen and oxygen atoms in total. The van der Waals surface area contributed by atoms with Crippen molar-refractivity contribution in [2.75, 3.05) is 36.4 Å². The predicted molar refractivity (Wildman–Crippen MR) is 141 cm³/mol. The molecule has 8 heteroatoms. The molecule has 0 saturated carbocycles. The van der Waals surface area contributed by atoms with Gasteiger partial charge in [-0.05, 0) is 36.4 Å². The van der Waals surface area contributed by atoms with Crippen molar-refractivity contribution in [3.63, 3.8) is 0 Å². The van der Waals surface area contributed by atoms with Gasteiger partial charge in [0.05, 0.1) is 12.2 Å². The number of pyridine rings is 1. The topological polar surface area (TPSA) is 86.6 Å². The Bertz CT molecular complexity index is 1410. The lowest BCUT2D eigenvalue weighted by molar-refractivity contribution is 0.0746. The summed E-state index contributed by atoms with van der Waals surface area (Å²) < 4.78 is 0. The van der Waals surface area contributed by atoms with Crippen LogP contribution < -0.4 is 10.2 Å². The lowest BCUT2D eigenvalue weighted by Gasteiger charge is -2.35. The first-order chi connectivity index (χ1) is 17.7. The zero-order chi connectivity index (χ0) is 24.3. The van der Waals surface area contributed by atoms with Crippen LogP contribution in [-0.4, -0.2) is 58.2 Å². The van der Waals surface area contributed by atoms with Crippen LogP contribution in [-0.2, 0) is 6.54 Å². The Labute approximate surface area is 209 Å². The molecular formula is C28H25N7O. The molecule has 1 fully saturated rings. The van der Waals surface area contributed by atoms with E-state index in [4.69, 9.17) is 4.98 Å². The summed E-state index contributed by atoms with van der Waals surface area (Å²) in [7, 11) is 0. The van der Waals surface area contributed by atoms with E-state index in [1.165, 1.54) is 0 Å². The Balaban J connectivity index is 1.13. The van der Waals surface area contributed by atoms with Gasteiger partial charge in [-0.1, -0.05) is 30.3 Å². The van der Waals surface area contributed by atoms with E-state index in [0.717, 1.165) is 47.0 Å². The van der Waals surface area contributed by atoms with Crippen LogP contribution in [0.3, 0.4) is 0 Å². The Morgan fingerprint density at radius 3 is 2.47 bits per heavy atom. The summed E-state index contributed by atoms with van der Waals surface area (Å²) >= 11 is 0. The third kappa shape index (κ3) is 4.40. The normalized spacial score (nSPS) is 14.6. The van der Waals surface area contributed by atoms with Gasteiger partial charge in [0.15, 0.2) is 0 Å². The van der Waals surface area contributed by atoms with Crippen LogP contribution in [0.25, 0.3) is 11.3 Å². The third-order valence-corrected chi connectivity index (χ3v) is 6.50. The lowest BCUT2D eigenvalue weighted by atomic mass is 10.0. The number of benzene rings is 2. The van der Waals surface area contributed by atoms with Crippen LogP contribution in [0.5, 0.6) is 0 Å². The average molecular weight is 476 g/mol. The molecule has 178 valence electrons. The highest BCUT2D eigenvalue weighted by Gasteiger charge is 2.23. The summed E-state index contributed by atoms with van der Waals surface area (Å²) in [6, 6.07) is 21.5. The maximum Gasteiger partial charge on any atom is 0.253 e. The van der Waals surface area contributed by atoms with Crippen molar-refractivity contribution in [2.24, 2.45) is 4.99 Å². The summed E-state index contributed by atoms with van der Waals surface area (Å²) in [6.07, 6.45) is 5.51. The van der Waals surface area contributed by atoms with E-state index < -0.39 is 0 Å². The quantitative estimate of drug-likeness (QED) is 0.477. The Hall–Kier alpha value is -4.59. The van der Waals surface area contributed by atoms with E-state index in [-0.39, 0.29) is 5.91 Å². The fraction of sp³-hybridized carbons (Fsp3) is 0.179. The summed E-state index contributed by atoms with van der Waals surface area (Å²) in [6.45, 7) is 3.43. The van der Waals surface area contributed by atoms with Crippen LogP contribution in [0.2, 0.25) is 0 Å². The van der Waals surface area contributed by atoms with Gasteiger partial charge in [0.25, 0.3) is 5.91 Å². The molecule has 0 atom stereocenters. The summed E-state index contributed by atoms with van der Waals surface area (Å²) in [5.74, 6) is 1.51. The molecule has 6 rings (SSSR count). The second kappa shape index (κ2) is 9.58. The number of aliphatic imine (C=N–C) groups is 1. The van der Waals surface area contributed by atoms with Crippen LogP contribution >= 0.6 is 0 Å². The molecule has 4 heterocycles. The number of rotatable bonds is 4. The fourth-order valence-corrected chi connectivity index (χ4v) is 4.57. The van der Waals surface area contributed by atoms with Gasteiger partial charge in [0.2, 0.25) is 5.95 Å². The highest BCUT2D eigenvalue weighted by molar-refractivity contribution is 5.95. The second-order valence-corrected chi connectivity index (χ2v) is 8.79. The standard InChI is InChI=1S/C28H25N7O/c36-27(35-15-13-34(14-16-35)25-7-3-4-12-30-25)20-8-10-23(11-9-20)32-28-31-19-22-18-29-17-21-5-1-2-6-24(21)26(22)33-28/h1-12,17,19H,13-16,18H2,(H,31,32,33). The van der Waals surface area contributed by atoms with Crippen molar-refractivity contribution in [2.45, 2.75) is 6.54 Å². The molecule has 36 heavy (non-hydrogen) atoms. The summed E-state index contributed by atoms with van der Waals surface area (Å²) in [5, 5.41) is 3.27. The zero-order valence-corrected chi connectivity index (χ0v) is 19.7. The number of fused-ring (bicyclic) bond motifs is 3. The number of piperazine rings is 1. The molecule has 0 radical (unpaired) electrons. The van der Waals surface area contributed by atoms with Crippen LogP contribution in [0.15, 0.2) is 84.1 Å². The van der Waals surface area contributed by atoms with Crippen molar-refractivity contribution in [1.29, 1.82) is 0 Å². The minimum absolute atomic E-state index is 0.0418. The lowest BCUT2D eigenvalue weighted by Crippen LogP contribution is -2.49. The number of aromatic nitrogens is 3. The number of carbonyl (C=O) groups excluding carboxylic acids is 1. The van der Waals surface area contributed by atoms with Gasteiger partial charge >= 0.3 is 0 Å². The van der Waals surface area contributed by atoms with E-state index in [0.29, 0.717) is 31.1 Å². The molecule has 1 amide bonds. The molecule has 4 aromatic rings. The molecule has 2 aliphatic rings. The van der Waals surface area contributed by atoms with E-state index in [2.05, 4.69) is 31.2 Å². The third-order valence-electron chi connectivity index (χ3n) is 6.50. The van der Waals surface area contributed by atoms with Crippen molar-refractivity contribution in [3.8, 4) is 11.3 Å². The monoisotopic (exact) mass is 475 g/mol. The maximum absolute atomic E-state index is 13.1. The van der Waals surface area contributed by atoms with Gasteiger partial charge in [-0.2, -0.15) is 0 Å². The Kier molecular flexibility index (Phi) is 5.83. The SMILES string of the molecule is O=C(c1ccc(Nc2ncc3c(n2)-c2ccccc2C=NC3)cc1)N1CCN(c2ccccn2)CC1. The smallest absolute Gasteiger partial charge is 0.253 e. The maximum atomic E-state index is 13.1. The summed E-state index contributed by atoms with van der Waals surface area (Å²) in [4.78, 5) is 35.3. The number of nitrogens with zero attached hydrogens (tertiary/aromatic N) is 6. The molecule has 1 saturated heterocycles. The average Bonchev–Trinajstić information content (AvgIpc) is 3.13. The first-order valence-electron chi connectivity index (χ1n) is 12.0. The first-order valence-corrected chi connectivity index (χ1v) is 12.0. The van der Waals surface area contributed by atoms with Crippen LogP contribution in [0, 0.1) is 0 Å². The van der Waals surface area contributed by atoms with Gasteiger partial charge < -0.3 is 15.1 Å². The van der Waals surface area contributed by atoms with Gasteiger partial charge in [0.1, 0.15) is 5.82 Å². The Morgan fingerprint density at radius 1 is 0.861 bits per heavy atom. The van der Waals surface area contributed by atoms with Gasteiger partial charge in [-0.25, -0.2) is 15.0 Å². The minimum Gasteiger partial charge on any atom is -0.353 e. The number of anilines is 3. The van der Waals surface area contributed by atoms with Crippen molar-refractivity contribution < 1.29 is 4.79 Å². The van der Waals surface area contributed by atoms with Crippen molar-refractivity contribution in [3.05, 3.63) is 95.8 Å². The number of nitrogens with one attached hydrogen (secondary N) is 1. The zero-order valence-electron chi connectivity index (χ0n) is 19.7. The van der Waals surface area contributed by atoms with Crippen LogP contribution in [0.4, 0.5) is 17.5 Å². The summed E-state index contributed by atoms with van der Waals surface area (Å²) in [5.41, 5.74) is 5.46. The van der Waals surface area contributed by atoms with Gasteiger partial charge in [0, 0.05) is 72.7 Å². The number of carbonyl (C=O) groups is 1. The highest BCUT2D eigenvalue weighted by atomic mass is 16.2. The Morgan fingerprint density at radius 2 is 1.67 bits per heavy atom. The number of hydrogen-bond donors (Lipinski definition) is 1. The first kappa shape index (κ1) is 21.9. The van der Waals surface area contributed by atoms with E-state index in [9.17, 15) is 4.79 Å².